The Bertz CT molecular complexity index is 559. The average molecular weight is 349 g/mol. The Balaban J connectivity index is 1.91. The summed E-state index contributed by atoms with van der Waals surface area (Å²) in [5.74, 6) is 1.18. The fourth-order valence-corrected chi connectivity index (χ4v) is 4.30. The molecule has 1 aromatic carbocycles. The molecule has 4 heteroatoms. The summed E-state index contributed by atoms with van der Waals surface area (Å²) in [6.45, 7) is 13.1. The third kappa shape index (κ3) is 6.14. The van der Waals surface area contributed by atoms with Gasteiger partial charge in [-0.3, -0.25) is 4.79 Å². The van der Waals surface area contributed by atoms with Crippen molar-refractivity contribution in [3.8, 4) is 0 Å². The molecule has 1 amide bonds. The lowest BCUT2D eigenvalue weighted by Crippen LogP contribution is -2.34. The SMILES string of the molecule is Cc1cc(SC(C)(C)C)ccc1NC(=O)CC(C)C1CCCNC1. The van der Waals surface area contributed by atoms with Crippen molar-refractivity contribution in [3.63, 3.8) is 0 Å². The third-order valence-corrected chi connectivity index (χ3v) is 5.65. The predicted octanol–water partition coefficient (Wildman–Crippen LogP) is 4.85. The number of benzene rings is 1. The summed E-state index contributed by atoms with van der Waals surface area (Å²) < 4.78 is 0.195. The first-order valence-corrected chi connectivity index (χ1v) is 9.86. The molecule has 0 radical (unpaired) electrons. The summed E-state index contributed by atoms with van der Waals surface area (Å²) in [7, 11) is 0. The second-order valence-electron chi connectivity index (χ2n) is 8.03. The Morgan fingerprint density at radius 1 is 1.42 bits per heavy atom. The number of amides is 1. The van der Waals surface area contributed by atoms with E-state index in [9.17, 15) is 4.79 Å². The number of carbonyl (C=O) groups is 1. The molecule has 0 aliphatic carbocycles. The normalized spacial score (nSPS) is 19.8. The van der Waals surface area contributed by atoms with Gasteiger partial charge in [-0.05, 0) is 68.5 Å². The molecule has 0 aromatic heterocycles. The molecule has 0 bridgehead atoms. The van der Waals surface area contributed by atoms with Crippen LogP contribution >= 0.6 is 11.8 Å². The fourth-order valence-electron chi connectivity index (χ4n) is 3.22. The topological polar surface area (TPSA) is 41.1 Å². The maximum absolute atomic E-state index is 12.4. The van der Waals surface area contributed by atoms with Crippen molar-refractivity contribution in [2.45, 2.75) is 63.5 Å². The molecule has 0 saturated carbocycles. The number of hydrogen-bond acceptors (Lipinski definition) is 3. The number of hydrogen-bond donors (Lipinski definition) is 2. The van der Waals surface area contributed by atoms with E-state index in [1.807, 2.05) is 17.8 Å². The van der Waals surface area contributed by atoms with Crippen LogP contribution in [0.2, 0.25) is 0 Å². The summed E-state index contributed by atoms with van der Waals surface area (Å²) in [6, 6.07) is 6.31. The summed E-state index contributed by atoms with van der Waals surface area (Å²) in [5.41, 5.74) is 2.07. The molecule has 1 aliphatic rings. The molecule has 1 heterocycles. The third-order valence-electron chi connectivity index (χ3n) is 4.54. The highest BCUT2D eigenvalue weighted by atomic mass is 32.2. The van der Waals surface area contributed by atoms with Crippen LogP contribution in [-0.4, -0.2) is 23.7 Å². The van der Waals surface area contributed by atoms with Crippen LogP contribution in [0.4, 0.5) is 5.69 Å². The van der Waals surface area contributed by atoms with Gasteiger partial charge in [0.05, 0.1) is 0 Å². The van der Waals surface area contributed by atoms with Crippen LogP contribution in [0.15, 0.2) is 23.1 Å². The quantitative estimate of drug-likeness (QED) is 0.747. The zero-order valence-electron chi connectivity index (χ0n) is 15.7. The van der Waals surface area contributed by atoms with Crippen molar-refractivity contribution in [2.24, 2.45) is 11.8 Å². The number of carbonyl (C=O) groups excluding carboxylic acids is 1. The Labute approximate surface area is 151 Å². The van der Waals surface area contributed by atoms with E-state index in [0.717, 1.165) is 24.3 Å². The van der Waals surface area contributed by atoms with Crippen molar-refractivity contribution in [2.75, 3.05) is 18.4 Å². The highest BCUT2D eigenvalue weighted by molar-refractivity contribution is 8.00. The number of thioether (sulfide) groups is 1. The second kappa shape index (κ2) is 8.39. The molecule has 24 heavy (non-hydrogen) atoms. The van der Waals surface area contributed by atoms with Gasteiger partial charge in [0, 0.05) is 21.8 Å². The molecule has 2 atom stereocenters. The number of anilines is 1. The minimum atomic E-state index is 0.132. The molecule has 0 spiro atoms. The van der Waals surface area contributed by atoms with Gasteiger partial charge >= 0.3 is 0 Å². The Morgan fingerprint density at radius 2 is 2.17 bits per heavy atom. The summed E-state index contributed by atoms with van der Waals surface area (Å²) in [5, 5.41) is 6.54. The highest BCUT2D eigenvalue weighted by Gasteiger charge is 2.22. The fraction of sp³-hybridized carbons (Fsp3) is 0.650. The van der Waals surface area contributed by atoms with E-state index in [0.29, 0.717) is 18.3 Å². The van der Waals surface area contributed by atoms with E-state index >= 15 is 0 Å². The lowest BCUT2D eigenvalue weighted by Gasteiger charge is -2.28. The van der Waals surface area contributed by atoms with Gasteiger partial charge in [0.15, 0.2) is 0 Å². The molecular formula is C20H32N2OS. The molecule has 2 rings (SSSR count). The van der Waals surface area contributed by atoms with Crippen molar-refractivity contribution in [1.82, 2.24) is 5.32 Å². The first kappa shape index (κ1) is 19.3. The van der Waals surface area contributed by atoms with Crippen molar-refractivity contribution < 1.29 is 4.79 Å². The molecule has 1 saturated heterocycles. The van der Waals surface area contributed by atoms with Crippen LogP contribution in [0.5, 0.6) is 0 Å². The number of aryl methyl sites for hydroxylation is 1. The Hall–Kier alpha value is -1.00. The zero-order valence-corrected chi connectivity index (χ0v) is 16.6. The van der Waals surface area contributed by atoms with Gasteiger partial charge in [-0.2, -0.15) is 0 Å². The van der Waals surface area contributed by atoms with Gasteiger partial charge in [0.2, 0.25) is 5.91 Å². The number of nitrogens with one attached hydrogen (secondary N) is 2. The van der Waals surface area contributed by atoms with Gasteiger partial charge < -0.3 is 10.6 Å². The Kier molecular flexibility index (Phi) is 6.76. The average Bonchev–Trinajstić information content (AvgIpc) is 2.49. The maximum atomic E-state index is 12.4. The lowest BCUT2D eigenvalue weighted by atomic mass is 9.85. The van der Waals surface area contributed by atoms with Crippen molar-refractivity contribution in [1.29, 1.82) is 0 Å². The van der Waals surface area contributed by atoms with E-state index in [2.05, 4.69) is 57.4 Å². The van der Waals surface area contributed by atoms with Crippen LogP contribution in [0, 0.1) is 18.8 Å². The number of piperidine rings is 1. The van der Waals surface area contributed by atoms with E-state index < -0.39 is 0 Å². The number of rotatable bonds is 5. The van der Waals surface area contributed by atoms with Gasteiger partial charge in [-0.25, -0.2) is 0 Å². The monoisotopic (exact) mass is 348 g/mol. The standard InChI is InChI=1S/C20H32N2OS/c1-14(16-7-6-10-21-13-16)12-19(23)22-18-9-8-17(11-15(18)2)24-20(3,4)5/h8-9,11,14,16,21H,6-7,10,12-13H2,1-5H3,(H,22,23). The predicted molar refractivity (Wildman–Crippen MR) is 105 cm³/mol. The van der Waals surface area contributed by atoms with Gasteiger partial charge in [-0.15, -0.1) is 11.8 Å². The molecule has 2 N–H and O–H groups in total. The molecule has 1 aliphatic heterocycles. The van der Waals surface area contributed by atoms with Gasteiger partial charge in [0.1, 0.15) is 0 Å². The largest absolute Gasteiger partial charge is 0.326 e. The van der Waals surface area contributed by atoms with Crippen LogP contribution in [0.3, 0.4) is 0 Å². The van der Waals surface area contributed by atoms with Crippen molar-refractivity contribution in [3.05, 3.63) is 23.8 Å². The van der Waals surface area contributed by atoms with E-state index in [1.54, 1.807) is 0 Å². The van der Waals surface area contributed by atoms with Crippen LogP contribution in [0.1, 0.15) is 52.5 Å². The lowest BCUT2D eigenvalue weighted by molar-refractivity contribution is -0.117. The van der Waals surface area contributed by atoms with Crippen LogP contribution in [0.25, 0.3) is 0 Å². The smallest absolute Gasteiger partial charge is 0.224 e. The van der Waals surface area contributed by atoms with E-state index in [1.165, 1.54) is 17.7 Å². The second-order valence-corrected chi connectivity index (χ2v) is 9.93. The zero-order chi connectivity index (χ0) is 17.7. The van der Waals surface area contributed by atoms with Crippen molar-refractivity contribution >= 4 is 23.4 Å². The van der Waals surface area contributed by atoms with Crippen LogP contribution < -0.4 is 10.6 Å². The minimum Gasteiger partial charge on any atom is -0.326 e. The van der Waals surface area contributed by atoms with E-state index in [4.69, 9.17) is 0 Å². The summed E-state index contributed by atoms with van der Waals surface area (Å²) >= 11 is 1.85. The molecule has 1 aromatic rings. The summed E-state index contributed by atoms with van der Waals surface area (Å²) in [6.07, 6.45) is 3.06. The molecule has 134 valence electrons. The first-order valence-electron chi connectivity index (χ1n) is 9.05. The maximum Gasteiger partial charge on any atom is 0.224 e. The van der Waals surface area contributed by atoms with Gasteiger partial charge in [-0.1, -0.05) is 27.7 Å². The molecule has 3 nitrogen and oxygen atoms in total. The summed E-state index contributed by atoms with van der Waals surface area (Å²) in [4.78, 5) is 13.6. The van der Waals surface area contributed by atoms with Crippen LogP contribution in [-0.2, 0) is 4.79 Å². The minimum absolute atomic E-state index is 0.132. The molecular weight excluding hydrogens is 316 g/mol. The van der Waals surface area contributed by atoms with E-state index in [-0.39, 0.29) is 10.7 Å². The molecule has 2 unspecified atom stereocenters. The molecule has 1 fully saturated rings. The highest BCUT2D eigenvalue weighted by Crippen LogP contribution is 2.33. The Morgan fingerprint density at radius 3 is 2.75 bits per heavy atom. The first-order chi connectivity index (χ1) is 11.2. The van der Waals surface area contributed by atoms with Gasteiger partial charge in [0.25, 0.3) is 0 Å².